The molecule has 5 N–H and O–H groups in total. The fourth-order valence-electron chi connectivity index (χ4n) is 1.39. The molecule has 1 atom stereocenters. The molecule has 0 fully saturated rings. The number of halogens is 1. The molecule has 0 aliphatic rings. The third-order valence-electron chi connectivity index (χ3n) is 2.43. The van der Waals surface area contributed by atoms with Gasteiger partial charge in [-0.25, -0.2) is 0 Å². The van der Waals surface area contributed by atoms with Gasteiger partial charge in [0.2, 0.25) is 5.91 Å². The van der Waals surface area contributed by atoms with Gasteiger partial charge in [-0.2, -0.15) is 5.26 Å². The van der Waals surface area contributed by atoms with Gasteiger partial charge in [0.15, 0.2) is 5.75 Å². The maximum absolute atomic E-state index is 11.7. The number of amides is 2. The molecule has 0 spiro atoms. The Kier molecular flexibility index (Phi) is 5.78. The Balaban J connectivity index is 2.87. The molecule has 0 bridgehead atoms. The molecule has 0 aromatic heterocycles. The predicted octanol–water partition coefficient (Wildman–Crippen LogP) is -0.143. The van der Waals surface area contributed by atoms with Crippen molar-refractivity contribution in [1.82, 2.24) is 10.9 Å². The van der Waals surface area contributed by atoms with Gasteiger partial charge in [0, 0.05) is 6.92 Å². The lowest BCUT2D eigenvalue weighted by atomic mass is 10.2. The van der Waals surface area contributed by atoms with Crippen molar-refractivity contribution >= 4 is 29.1 Å². The van der Waals surface area contributed by atoms with Crippen molar-refractivity contribution in [2.24, 2.45) is 0 Å². The minimum atomic E-state index is -1.13. The highest BCUT2D eigenvalue weighted by atomic mass is 35.5. The van der Waals surface area contributed by atoms with Gasteiger partial charge in [-0.1, -0.05) is 11.6 Å². The lowest BCUT2D eigenvalue weighted by Crippen LogP contribution is -2.49. The summed E-state index contributed by atoms with van der Waals surface area (Å²) in [4.78, 5) is 22.4. The predicted molar refractivity (Wildman–Crippen MR) is 74.3 cm³/mol. The van der Waals surface area contributed by atoms with Crippen LogP contribution < -0.4 is 16.2 Å². The zero-order chi connectivity index (χ0) is 16.0. The Hall–Kier alpha value is -2.50. The average molecular weight is 313 g/mol. The second-order valence-corrected chi connectivity index (χ2v) is 4.36. The van der Waals surface area contributed by atoms with E-state index in [1.165, 1.54) is 19.1 Å². The van der Waals surface area contributed by atoms with Crippen molar-refractivity contribution in [3.05, 3.63) is 22.7 Å². The van der Waals surface area contributed by atoms with E-state index in [4.69, 9.17) is 16.9 Å². The third-order valence-corrected chi connectivity index (χ3v) is 2.81. The number of aromatic hydroxyl groups is 1. The molecule has 0 heterocycles. The Bertz CT molecular complexity index is 600. The Morgan fingerprint density at radius 3 is 2.62 bits per heavy atom. The fourth-order valence-corrected chi connectivity index (χ4v) is 1.59. The molecule has 1 aromatic rings. The number of hydrazine groups is 1. The number of aliphatic hydroxyl groups excluding tert-OH is 1. The second kappa shape index (κ2) is 7.33. The summed E-state index contributed by atoms with van der Waals surface area (Å²) < 4.78 is 0. The van der Waals surface area contributed by atoms with Crippen LogP contribution in [0.3, 0.4) is 0 Å². The summed E-state index contributed by atoms with van der Waals surface area (Å²) in [5.74, 6) is -1.61. The fraction of sp³-hybridized carbons (Fsp3) is 0.250. The maximum Gasteiger partial charge on any atom is 0.263 e. The standard InChI is InChI=1S/C12H13ClN4O4/c1-6(19)16-17-12(21)9(5-18)15-8-3-2-7(4-14)10(13)11(8)20/h2-3,9,15,18,20H,5H2,1H3,(H,16,19)(H,17,21)/t9-/m1/s1. The van der Waals surface area contributed by atoms with Gasteiger partial charge in [-0.15, -0.1) is 0 Å². The number of rotatable bonds is 4. The quantitative estimate of drug-likeness (QED) is 0.388. The molecule has 1 rings (SSSR count). The molecule has 0 aliphatic heterocycles. The molecule has 21 heavy (non-hydrogen) atoms. The number of nitrogens with one attached hydrogen (secondary N) is 3. The van der Waals surface area contributed by atoms with Crippen molar-refractivity contribution in [2.75, 3.05) is 11.9 Å². The van der Waals surface area contributed by atoms with Crippen LogP contribution in [0.4, 0.5) is 5.69 Å². The summed E-state index contributed by atoms with van der Waals surface area (Å²) >= 11 is 5.77. The van der Waals surface area contributed by atoms with Crippen molar-refractivity contribution < 1.29 is 19.8 Å². The van der Waals surface area contributed by atoms with Crippen LogP contribution in [0.2, 0.25) is 5.02 Å². The van der Waals surface area contributed by atoms with Crippen LogP contribution in [-0.2, 0) is 9.59 Å². The number of phenols is 1. The van der Waals surface area contributed by atoms with E-state index in [1.54, 1.807) is 6.07 Å². The van der Waals surface area contributed by atoms with E-state index in [9.17, 15) is 19.8 Å². The number of aliphatic hydroxyl groups is 1. The Labute approximate surface area is 125 Å². The molecule has 8 nitrogen and oxygen atoms in total. The number of anilines is 1. The van der Waals surface area contributed by atoms with Crippen molar-refractivity contribution in [3.8, 4) is 11.8 Å². The first-order valence-corrected chi connectivity index (χ1v) is 6.13. The van der Waals surface area contributed by atoms with Crippen molar-refractivity contribution in [1.29, 1.82) is 5.26 Å². The molecule has 0 unspecified atom stereocenters. The van der Waals surface area contributed by atoms with Gasteiger partial charge < -0.3 is 15.5 Å². The first-order chi connectivity index (χ1) is 9.90. The number of phenolic OH excluding ortho intramolecular Hbond substituents is 1. The van der Waals surface area contributed by atoms with E-state index in [2.05, 4.69) is 16.2 Å². The van der Waals surface area contributed by atoms with E-state index in [1.807, 2.05) is 0 Å². The van der Waals surface area contributed by atoms with Gasteiger partial charge in [-0.3, -0.25) is 20.4 Å². The van der Waals surface area contributed by atoms with Crippen LogP contribution in [0.1, 0.15) is 12.5 Å². The number of benzene rings is 1. The van der Waals surface area contributed by atoms with E-state index >= 15 is 0 Å². The van der Waals surface area contributed by atoms with E-state index in [0.717, 1.165) is 0 Å². The highest BCUT2D eigenvalue weighted by Gasteiger charge is 2.20. The molecule has 9 heteroatoms. The van der Waals surface area contributed by atoms with E-state index in [-0.39, 0.29) is 16.3 Å². The lowest BCUT2D eigenvalue weighted by molar-refractivity contribution is -0.128. The summed E-state index contributed by atoms with van der Waals surface area (Å²) in [6.07, 6.45) is 0. The summed E-state index contributed by atoms with van der Waals surface area (Å²) in [7, 11) is 0. The molecular formula is C12H13ClN4O4. The van der Waals surface area contributed by atoms with Crippen molar-refractivity contribution in [3.63, 3.8) is 0 Å². The van der Waals surface area contributed by atoms with Gasteiger partial charge in [0.05, 0.1) is 17.9 Å². The van der Waals surface area contributed by atoms with Gasteiger partial charge in [0.1, 0.15) is 17.1 Å². The van der Waals surface area contributed by atoms with Gasteiger partial charge >= 0.3 is 0 Å². The summed E-state index contributed by atoms with van der Waals surface area (Å²) in [5, 5.41) is 30.2. The molecular weight excluding hydrogens is 300 g/mol. The van der Waals surface area contributed by atoms with Crippen LogP contribution in [0.15, 0.2) is 12.1 Å². The minimum Gasteiger partial charge on any atom is -0.504 e. The first kappa shape index (κ1) is 16.6. The number of nitrogens with zero attached hydrogens (tertiary/aromatic N) is 1. The third kappa shape index (κ3) is 4.24. The summed E-state index contributed by atoms with van der Waals surface area (Å²) in [5.41, 5.74) is 4.29. The number of carbonyl (C=O) groups is 2. The van der Waals surface area contributed by atoms with Crippen LogP contribution >= 0.6 is 11.6 Å². The van der Waals surface area contributed by atoms with Gasteiger partial charge in [-0.05, 0) is 12.1 Å². The molecule has 0 aliphatic carbocycles. The van der Waals surface area contributed by atoms with Crippen LogP contribution in [0.5, 0.6) is 5.75 Å². The van der Waals surface area contributed by atoms with Crippen LogP contribution in [0, 0.1) is 11.3 Å². The van der Waals surface area contributed by atoms with Crippen LogP contribution in [-0.4, -0.2) is 34.7 Å². The zero-order valence-electron chi connectivity index (χ0n) is 11.0. The molecule has 112 valence electrons. The monoisotopic (exact) mass is 312 g/mol. The number of nitriles is 1. The normalized spacial score (nSPS) is 11.1. The topological polar surface area (TPSA) is 134 Å². The first-order valence-electron chi connectivity index (χ1n) is 5.76. The number of carbonyl (C=O) groups excluding carboxylic acids is 2. The molecule has 1 aromatic carbocycles. The molecule has 2 amide bonds. The SMILES string of the molecule is CC(=O)NNC(=O)[C@@H](CO)Nc1ccc(C#N)c(Cl)c1O. The highest BCUT2D eigenvalue weighted by Crippen LogP contribution is 2.34. The second-order valence-electron chi connectivity index (χ2n) is 3.99. The largest absolute Gasteiger partial charge is 0.504 e. The van der Waals surface area contributed by atoms with E-state index in [0.29, 0.717) is 0 Å². The average Bonchev–Trinajstić information content (AvgIpc) is 2.46. The summed E-state index contributed by atoms with van der Waals surface area (Å²) in [6, 6.07) is 3.35. The maximum atomic E-state index is 11.7. The number of hydrogen-bond donors (Lipinski definition) is 5. The smallest absolute Gasteiger partial charge is 0.263 e. The van der Waals surface area contributed by atoms with Gasteiger partial charge in [0.25, 0.3) is 5.91 Å². The Morgan fingerprint density at radius 2 is 2.10 bits per heavy atom. The van der Waals surface area contributed by atoms with Crippen molar-refractivity contribution in [2.45, 2.75) is 13.0 Å². The molecule has 0 radical (unpaired) electrons. The lowest BCUT2D eigenvalue weighted by Gasteiger charge is -2.18. The van der Waals surface area contributed by atoms with Crippen LogP contribution in [0.25, 0.3) is 0 Å². The highest BCUT2D eigenvalue weighted by molar-refractivity contribution is 6.33. The number of hydrogen-bond acceptors (Lipinski definition) is 6. The zero-order valence-corrected chi connectivity index (χ0v) is 11.7. The Morgan fingerprint density at radius 1 is 1.43 bits per heavy atom. The van der Waals surface area contributed by atoms with E-state index < -0.39 is 30.2 Å². The molecule has 0 saturated heterocycles. The summed E-state index contributed by atoms with van der Waals surface area (Å²) in [6.45, 7) is 0.607. The minimum absolute atomic E-state index is 0.0658. The molecule has 0 saturated carbocycles.